The van der Waals surface area contributed by atoms with E-state index in [-0.39, 0.29) is 0 Å². The van der Waals surface area contributed by atoms with Crippen LogP contribution < -0.4 is 0 Å². The predicted molar refractivity (Wildman–Crippen MR) is 62.9 cm³/mol. The van der Waals surface area contributed by atoms with Crippen LogP contribution in [0.4, 0.5) is 0 Å². The summed E-state index contributed by atoms with van der Waals surface area (Å²) in [6.07, 6.45) is 1.06. The highest BCUT2D eigenvalue weighted by Crippen LogP contribution is 2.28. The van der Waals surface area contributed by atoms with Crippen LogP contribution >= 0.6 is 24.2 Å². The summed E-state index contributed by atoms with van der Waals surface area (Å²) < 4.78 is 0. The molecule has 0 radical (unpaired) electrons. The van der Waals surface area contributed by atoms with Crippen LogP contribution in [0.3, 0.4) is 0 Å². The second-order valence-corrected chi connectivity index (χ2v) is 4.80. The molecule has 0 aliphatic rings. The van der Waals surface area contributed by atoms with Crippen molar-refractivity contribution in [1.82, 2.24) is 0 Å². The fourth-order valence-electron chi connectivity index (χ4n) is 1.51. The molecule has 1 aromatic carbocycles. The minimum atomic E-state index is 0.422. The van der Waals surface area contributed by atoms with E-state index in [1.807, 2.05) is 18.2 Å². The highest BCUT2D eigenvalue weighted by molar-refractivity contribution is 7.80. The molecule has 0 saturated heterocycles. The van der Waals surface area contributed by atoms with Crippen molar-refractivity contribution < 1.29 is 0 Å². The van der Waals surface area contributed by atoms with Crippen molar-refractivity contribution in [2.24, 2.45) is 0 Å². The van der Waals surface area contributed by atoms with E-state index in [1.165, 1.54) is 5.56 Å². The molecule has 0 N–H and O–H groups in total. The number of thiol groups is 1. The lowest BCUT2D eigenvalue weighted by Crippen LogP contribution is -2.01. The molecule has 0 fully saturated rings. The molecule has 0 aliphatic heterocycles. The van der Waals surface area contributed by atoms with Crippen molar-refractivity contribution >= 4 is 24.2 Å². The molecular weight excluding hydrogens is 200 g/mol. The summed E-state index contributed by atoms with van der Waals surface area (Å²) in [4.78, 5) is 0. The van der Waals surface area contributed by atoms with Gasteiger partial charge in [0.05, 0.1) is 0 Å². The zero-order valence-electron chi connectivity index (χ0n) is 8.00. The fraction of sp³-hybridized carbons (Fsp3) is 0.455. The van der Waals surface area contributed by atoms with Crippen LogP contribution in [-0.4, -0.2) is 5.25 Å². The topological polar surface area (TPSA) is 0 Å². The van der Waals surface area contributed by atoms with E-state index in [4.69, 9.17) is 11.6 Å². The summed E-state index contributed by atoms with van der Waals surface area (Å²) in [6.45, 7) is 4.30. The predicted octanol–water partition coefficient (Wildman–Crippen LogP) is 4.15. The van der Waals surface area contributed by atoms with Crippen LogP contribution in [0.2, 0.25) is 5.02 Å². The van der Waals surface area contributed by atoms with Gasteiger partial charge in [0.15, 0.2) is 0 Å². The van der Waals surface area contributed by atoms with Crippen LogP contribution in [0, 0.1) is 0 Å². The average Bonchev–Trinajstić information content (AvgIpc) is 2.03. The Labute approximate surface area is 90.7 Å². The Morgan fingerprint density at radius 2 is 1.92 bits per heavy atom. The molecule has 2 atom stereocenters. The second-order valence-electron chi connectivity index (χ2n) is 3.51. The highest BCUT2D eigenvalue weighted by Gasteiger charge is 2.10. The van der Waals surface area contributed by atoms with Crippen LogP contribution in [0.1, 0.15) is 31.7 Å². The van der Waals surface area contributed by atoms with Crippen LogP contribution in [0.25, 0.3) is 0 Å². The van der Waals surface area contributed by atoms with Crippen molar-refractivity contribution in [3.05, 3.63) is 34.9 Å². The minimum absolute atomic E-state index is 0.422. The molecule has 1 rings (SSSR count). The molecule has 0 aromatic heterocycles. The third kappa shape index (κ3) is 3.24. The number of benzene rings is 1. The van der Waals surface area contributed by atoms with E-state index in [0.717, 1.165) is 11.4 Å². The minimum Gasteiger partial charge on any atom is -0.176 e. The highest BCUT2D eigenvalue weighted by atomic mass is 35.5. The number of rotatable bonds is 3. The molecule has 13 heavy (non-hydrogen) atoms. The van der Waals surface area contributed by atoms with Crippen molar-refractivity contribution in [2.75, 3.05) is 0 Å². The maximum atomic E-state index is 6.08. The zero-order valence-corrected chi connectivity index (χ0v) is 9.65. The zero-order chi connectivity index (χ0) is 9.84. The summed E-state index contributed by atoms with van der Waals surface area (Å²) in [7, 11) is 0. The van der Waals surface area contributed by atoms with E-state index in [0.29, 0.717) is 11.2 Å². The molecule has 2 heteroatoms. The molecule has 0 aliphatic carbocycles. The average molecular weight is 215 g/mol. The van der Waals surface area contributed by atoms with Gasteiger partial charge in [0.25, 0.3) is 0 Å². The van der Waals surface area contributed by atoms with Gasteiger partial charge in [-0.1, -0.05) is 43.6 Å². The lowest BCUT2D eigenvalue weighted by atomic mass is 9.96. The first-order valence-electron chi connectivity index (χ1n) is 4.53. The van der Waals surface area contributed by atoms with Crippen molar-refractivity contribution in [2.45, 2.75) is 31.4 Å². The molecule has 72 valence electrons. The summed E-state index contributed by atoms with van der Waals surface area (Å²) in [5, 5.41) is 1.29. The van der Waals surface area contributed by atoms with Crippen molar-refractivity contribution in [3.63, 3.8) is 0 Å². The van der Waals surface area contributed by atoms with Gasteiger partial charge < -0.3 is 0 Å². The Morgan fingerprint density at radius 3 is 2.46 bits per heavy atom. The standard InChI is InChI=1S/C11H15ClS/c1-8(7-9(2)13)10-5-3-4-6-11(10)12/h3-6,8-9,13H,7H2,1-2H3. The van der Waals surface area contributed by atoms with Crippen LogP contribution in [0.15, 0.2) is 24.3 Å². The monoisotopic (exact) mass is 214 g/mol. The summed E-state index contributed by atoms with van der Waals surface area (Å²) >= 11 is 10.5. The van der Waals surface area contributed by atoms with Crippen LogP contribution in [-0.2, 0) is 0 Å². The van der Waals surface area contributed by atoms with Crippen molar-refractivity contribution in [1.29, 1.82) is 0 Å². The molecular formula is C11H15ClS. The van der Waals surface area contributed by atoms with Gasteiger partial charge >= 0.3 is 0 Å². The Kier molecular flexibility index (Phi) is 4.14. The molecule has 0 amide bonds. The maximum absolute atomic E-state index is 6.08. The van der Waals surface area contributed by atoms with Gasteiger partial charge in [0, 0.05) is 5.02 Å². The first-order valence-corrected chi connectivity index (χ1v) is 5.43. The quantitative estimate of drug-likeness (QED) is 0.718. The molecule has 0 spiro atoms. The van der Waals surface area contributed by atoms with Gasteiger partial charge in [-0.15, -0.1) is 0 Å². The smallest absolute Gasteiger partial charge is 0.0440 e. The Balaban J connectivity index is 2.76. The number of hydrogen-bond acceptors (Lipinski definition) is 1. The fourth-order valence-corrected chi connectivity index (χ4v) is 2.15. The Morgan fingerprint density at radius 1 is 1.31 bits per heavy atom. The van der Waals surface area contributed by atoms with E-state index in [9.17, 15) is 0 Å². The normalized spacial score (nSPS) is 15.4. The first-order chi connectivity index (χ1) is 6.11. The summed E-state index contributed by atoms with van der Waals surface area (Å²) in [5.41, 5.74) is 1.23. The SMILES string of the molecule is CC(S)CC(C)c1ccccc1Cl. The molecule has 1 aromatic rings. The van der Waals surface area contributed by atoms with Gasteiger partial charge in [-0.3, -0.25) is 0 Å². The van der Waals surface area contributed by atoms with E-state index >= 15 is 0 Å². The van der Waals surface area contributed by atoms with Crippen LogP contribution in [0.5, 0.6) is 0 Å². The van der Waals surface area contributed by atoms with Gasteiger partial charge in [-0.05, 0) is 29.2 Å². The first kappa shape index (κ1) is 10.9. The third-order valence-electron chi connectivity index (χ3n) is 2.13. The largest absolute Gasteiger partial charge is 0.176 e. The Hall–Kier alpha value is -0.140. The van der Waals surface area contributed by atoms with E-state index in [2.05, 4.69) is 32.5 Å². The Bertz CT molecular complexity index is 271. The number of hydrogen-bond donors (Lipinski definition) is 1. The van der Waals surface area contributed by atoms with E-state index in [1.54, 1.807) is 0 Å². The molecule has 0 saturated carbocycles. The second kappa shape index (κ2) is 4.92. The van der Waals surface area contributed by atoms with Gasteiger partial charge in [-0.2, -0.15) is 12.6 Å². The lowest BCUT2D eigenvalue weighted by Gasteiger charge is -2.14. The maximum Gasteiger partial charge on any atom is 0.0440 e. The molecule has 2 unspecified atom stereocenters. The summed E-state index contributed by atoms with van der Waals surface area (Å²) in [6, 6.07) is 8.02. The number of halogens is 1. The molecule has 0 bridgehead atoms. The summed E-state index contributed by atoms with van der Waals surface area (Å²) in [5.74, 6) is 0.487. The van der Waals surface area contributed by atoms with Crippen molar-refractivity contribution in [3.8, 4) is 0 Å². The molecule has 0 heterocycles. The van der Waals surface area contributed by atoms with E-state index < -0.39 is 0 Å². The van der Waals surface area contributed by atoms with Gasteiger partial charge in [-0.25, -0.2) is 0 Å². The van der Waals surface area contributed by atoms with Gasteiger partial charge in [0.1, 0.15) is 0 Å². The van der Waals surface area contributed by atoms with Gasteiger partial charge in [0.2, 0.25) is 0 Å². The molecule has 0 nitrogen and oxygen atoms in total. The lowest BCUT2D eigenvalue weighted by molar-refractivity contribution is 0.678. The third-order valence-corrected chi connectivity index (χ3v) is 2.69.